The van der Waals surface area contributed by atoms with Gasteiger partial charge >= 0.3 is 0 Å². The first-order chi connectivity index (χ1) is 14.8. The molecule has 0 atom stereocenters. The van der Waals surface area contributed by atoms with Crippen LogP contribution in [0.1, 0.15) is 41.4 Å². The van der Waals surface area contributed by atoms with Gasteiger partial charge in [-0.05, 0) is 55.0 Å². The number of piperidine rings is 1. The fourth-order valence-corrected chi connectivity index (χ4v) is 5.67. The normalized spacial score (nSPS) is 16.0. The lowest BCUT2D eigenvalue weighted by Gasteiger charge is -2.29. The second kappa shape index (κ2) is 8.48. The molecule has 1 fully saturated rings. The number of aromatic nitrogens is 1. The van der Waals surface area contributed by atoms with Crippen molar-refractivity contribution in [2.45, 2.75) is 38.1 Å². The molecule has 0 saturated carbocycles. The second-order valence-electron chi connectivity index (χ2n) is 8.57. The van der Waals surface area contributed by atoms with E-state index in [-0.39, 0.29) is 10.8 Å². The lowest BCUT2D eigenvalue weighted by molar-refractivity contribution is 0.0779. The number of nitrogens with zero attached hydrogens (tertiary/aromatic N) is 2. The quantitative estimate of drug-likeness (QED) is 0.648. The van der Waals surface area contributed by atoms with Crippen molar-refractivity contribution in [3.8, 4) is 0 Å². The number of amides is 1. The topological polar surface area (TPSA) is 73.5 Å². The van der Waals surface area contributed by atoms with Crippen molar-refractivity contribution >= 4 is 26.8 Å². The minimum atomic E-state index is -3.54. The van der Waals surface area contributed by atoms with Crippen molar-refractivity contribution in [3.63, 3.8) is 0 Å². The van der Waals surface area contributed by atoms with Crippen molar-refractivity contribution in [1.82, 2.24) is 14.2 Å². The molecule has 0 bridgehead atoms. The first-order valence-electron chi connectivity index (χ1n) is 10.7. The van der Waals surface area contributed by atoms with E-state index in [4.69, 9.17) is 0 Å². The molecule has 1 aliphatic heterocycles. The molecule has 1 amide bonds. The van der Waals surface area contributed by atoms with Gasteiger partial charge in [0.05, 0.1) is 4.90 Å². The van der Waals surface area contributed by atoms with Crippen LogP contribution in [-0.4, -0.2) is 48.7 Å². The average Bonchev–Trinajstić information content (AvgIpc) is 3.10. The molecule has 0 aliphatic carbocycles. The summed E-state index contributed by atoms with van der Waals surface area (Å²) >= 11 is 0. The molecule has 2 heterocycles. The highest BCUT2D eigenvalue weighted by Crippen LogP contribution is 2.29. The maximum Gasteiger partial charge on any atom is 0.270 e. The molecule has 31 heavy (non-hydrogen) atoms. The second-order valence-corrected chi connectivity index (χ2v) is 10.5. The van der Waals surface area contributed by atoms with Crippen LogP contribution in [0.2, 0.25) is 0 Å². The van der Waals surface area contributed by atoms with Crippen LogP contribution in [0.25, 0.3) is 10.9 Å². The fourth-order valence-electron chi connectivity index (χ4n) is 4.17. The van der Waals surface area contributed by atoms with E-state index in [9.17, 15) is 13.2 Å². The van der Waals surface area contributed by atoms with E-state index >= 15 is 0 Å². The molecule has 7 heteroatoms. The predicted molar refractivity (Wildman–Crippen MR) is 122 cm³/mol. The third-order valence-electron chi connectivity index (χ3n) is 6.23. The van der Waals surface area contributed by atoms with Crippen LogP contribution >= 0.6 is 0 Å². The number of fused-ring (bicyclic) bond motifs is 1. The van der Waals surface area contributed by atoms with Gasteiger partial charge in [0.15, 0.2) is 0 Å². The molecule has 1 aliphatic rings. The average molecular weight is 440 g/mol. The molecule has 1 aromatic heterocycles. The van der Waals surface area contributed by atoms with Crippen LogP contribution in [0.15, 0.2) is 53.4 Å². The minimum Gasteiger partial charge on any atom is -0.350 e. The Labute approximate surface area is 183 Å². The van der Waals surface area contributed by atoms with Gasteiger partial charge in [-0.2, -0.15) is 4.31 Å². The molecule has 4 rings (SSSR count). The van der Waals surface area contributed by atoms with E-state index in [1.54, 1.807) is 34.5 Å². The van der Waals surface area contributed by atoms with Crippen LogP contribution in [0, 0.1) is 12.8 Å². The minimum absolute atomic E-state index is 0.119. The van der Waals surface area contributed by atoms with E-state index in [0.717, 1.165) is 34.9 Å². The van der Waals surface area contributed by atoms with Crippen molar-refractivity contribution < 1.29 is 13.2 Å². The zero-order valence-electron chi connectivity index (χ0n) is 18.3. The van der Waals surface area contributed by atoms with Crippen molar-refractivity contribution in [3.05, 3.63) is 65.4 Å². The van der Waals surface area contributed by atoms with Crippen molar-refractivity contribution in [2.24, 2.45) is 5.92 Å². The van der Waals surface area contributed by atoms with Gasteiger partial charge < -0.3 is 9.88 Å². The SMILES string of the molecule is Cc1c(C(=O)N(C)Cc2ccccc2)[nH]c2ccc(S(=O)(=O)N3CCC(C)CC3)cc12. The highest BCUT2D eigenvalue weighted by Gasteiger charge is 2.29. The zero-order valence-corrected chi connectivity index (χ0v) is 19.1. The largest absolute Gasteiger partial charge is 0.350 e. The summed E-state index contributed by atoms with van der Waals surface area (Å²) in [6, 6.07) is 14.9. The van der Waals surface area contributed by atoms with Gasteiger partial charge in [-0.15, -0.1) is 0 Å². The Bertz CT molecular complexity index is 1190. The number of sulfonamides is 1. The Balaban J connectivity index is 1.61. The molecule has 0 unspecified atom stereocenters. The smallest absolute Gasteiger partial charge is 0.270 e. The van der Waals surface area contributed by atoms with E-state index in [1.165, 1.54) is 0 Å². The van der Waals surface area contributed by atoms with Crippen molar-refractivity contribution in [2.75, 3.05) is 20.1 Å². The van der Waals surface area contributed by atoms with Gasteiger partial charge in [-0.1, -0.05) is 37.3 Å². The maximum atomic E-state index is 13.1. The van der Waals surface area contributed by atoms with Gasteiger partial charge in [0.1, 0.15) is 5.69 Å². The van der Waals surface area contributed by atoms with Crippen LogP contribution in [-0.2, 0) is 16.6 Å². The van der Waals surface area contributed by atoms with E-state index in [1.807, 2.05) is 37.3 Å². The molecule has 6 nitrogen and oxygen atoms in total. The highest BCUT2D eigenvalue weighted by atomic mass is 32.2. The van der Waals surface area contributed by atoms with Crippen LogP contribution in [0.5, 0.6) is 0 Å². The van der Waals surface area contributed by atoms with Gasteiger partial charge in [0.25, 0.3) is 5.91 Å². The summed E-state index contributed by atoms with van der Waals surface area (Å²) in [7, 11) is -1.77. The molecule has 1 saturated heterocycles. The molecule has 0 radical (unpaired) electrons. The summed E-state index contributed by atoms with van der Waals surface area (Å²) in [6.07, 6.45) is 1.77. The molecular formula is C24H29N3O3S. The number of carbonyl (C=O) groups excluding carboxylic acids is 1. The number of carbonyl (C=O) groups is 1. The standard InChI is InChI=1S/C24H29N3O3S/c1-17-11-13-27(14-12-17)31(29,30)20-9-10-22-21(15-20)18(2)23(25-22)24(28)26(3)16-19-7-5-4-6-8-19/h4-10,15,17,25H,11-14,16H2,1-3H3. The number of benzene rings is 2. The maximum absolute atomic E-state index is 13.1. The Morgan fingerprint density at radius 2 is 1.81 bits per heavy atom. The Morgan fingerprint density at radius 1 is 1.13 bits per heavy atom. The number of hydrogen-bond acceptors (Lipinski definition) is 3. The number of aryl methyl sites for hydroxylation is 1. The lowest BCUT2D eigenvalue weighted by Crippen LogP contribution is -2.37. The first-order valence-corrected chi connectivity index (χ1v) is 12.1. The third kappa shape index (κ3) is 4.25. The Hall–Kier alpha value is -2.64. The molecule has 1 N–H and O–H groups in total. The fraction of sp³-hybridized carbons (Fsp3) is 0.375. The number of H-pyrrole nitrogens is 1. The number of nitrogens with one attached hydrogen (secondary N) is 1. The van der Waals surface area contributed by atoms with E-state index in [0.29, 0.717) is 31.2 Å². The summed E-state index contributed by atoms with van der Waals surface area (Å²) in [5.74, 6) is 0.439. The first kappa shape index (κ1) is 21.6. The van der Waals surface area contributed by atoms with E-state index < -0.39 is 10.0 Å². The summed E-state index contributed by atoms with van der Waals surface area (Å²) in [6.45, 7) is 5.64. The lowest BCUT2D eigenvalue weighted by atomic mass is 10.0. The molecule has 3 aromatic rings. The summed E-state index contributed by atoms with van der Waals surface area (Å²) in [5, 5.41) is 0.767. The third-order valence-corrected chi connectivity index (χ3v) is 8.13. The predicted octanol–water partition coefficient (Wildman–Crippen LogP) is 4.17. The number of hydrogen-bond donors (Lipinski definition) is 1. The van der Waals surface area contributed by atoms with Crippen LogP contribution in [0.3, 0.4) is 0 Å². The summed E-state index contributed by atoms with van der Waals surface area (Å²) in [5.41, 5.74) is 3.08. The number of rotatable bonds is 5. The van der Waals surface area contributed by atoms with Crippen LogP contribution in [0.4, 0.5) is 0 Å². The Kier molecular flexibility index (Phi) is 5.90. The van der Waals surface area contributed by atoms with Crippen molar-refractivity contribution in [1.29, 1.82) is 0 Å². The molecule has 164 valence electrons. The summed E-state index contributed by atoms with van der Waals surface area (Å²) < 4.78 is 27.9. The van der Waals surface area contributed by atoms with Crippen LogP contribution < -0.4 is 0 Å². The van der Waals surface area contributed by atoms with Gasteiger partial charge in [-0.25, -0.2) is 8.42 Å². The molecule has 2 aromatic carbocycles. The van der Waals surface area contributed by atoms with Gasteiger partial charge in [0, 0.05) is 37.6 Å². The highest BCUT2D eigenvalue weighted by molar-refractivity contribution is 7.89. The number of aromatic amines is 1. The Morgan fingerprint density at radius 3 is 2.48 bits per heavy atom. The molecule has 0 spiro atoms. The van der Waals surface area contributed by atoms with Gasteiger partial charge in [-0.3, -0.25) is 4.79 Å². The van der Waals surface area contributed by atoms with Gasteiger partial charge in [0.2, 0.25) is 10.0 Å². The summed E-state index contributed by atoms with van der Waals surface area (Å²) in [4.78, 5) is 18.2. The monoisotopic (exact) mass is 439 g/mol. The van der Waals surface area contributed by atoms with E-state index in [2.05, 4.69) is 11.9 Å². The molecular weight excluding hydrogens is 410 g/mol. The zero-order chi connectivity index (χ0) is 22.2.